The van der Waals surface area contributed by atoms with E-state index in [4.69, 9.17) is 4.74 Å². The average Bonchev–Trinajstić information content (AvgIpc) is 2.36. The van der Waals surface area contributed by atoms with Gasteiger partial charge in [0.25, 0.3) is 5.88 Å². The fraction of sp³-hybridized carbons (Fsp3) is 0.500. The lowest BCUT2D eigenvalue weighted by Crippen LogP contribution is -2.19. The van der Waals surface area contributed by atoms with E-state index >= 15 is 0 Å². The molecule has 21 heavy (non-hydrogen) atoms. The van der Waals surface area contributed by atoms with Gasteiger partial charge in [-0.1, -0.05) is 0 Å². The van der Waals surface area contributed by atoms with Crippen LogP contribution < -0.4 is 9.47 Å². The van der Waals surface area contributed by atoms with Gasteiger partial charge in [-0.3, -0.25) is 4.79 Å². The molecule has 0 saturated heterocycles. The predicted molar refractivity (Wildman–Crippen MR) is 62.6 cm³/mol. The summed E-state index contributed by atoms with van der Waals surface area (Å²) < 4.78 is 62.8. The van der Waals surface area contributed by atoms with Gasteiger partial charge in [-0.2, -0.15) is 0 Å². The van der Waals surface area contributed by atoms with E-state index in [1.807, 2.05) is 0 Å². The molecule has 0 aliphatic carbocycles. The van der Waals surface area contributed by atoms with Crippen molar-refractivity contribution in [3.8, 4) is 11.6 Å². The van der Waals surface area contributed by atoms with Crippen molar-refractivity contribution in [2.45, 2.75) is 26.4 Å². The van der Waals surface area contributed by atoms with E-state index in [1.165, 1.54) is 0 Å². The van der Waals surface area contributed by atoms with Gasteiger partial charge < -0.3 is 14.2 Å². The zero-order chi connectivity index (χ0) is 16.0. The first-order chi connectivity index (χ1) is 9.80. The van der Waals surface area contributed by atoms with Gasteiger partial charge in [0, 0.05) is 5.56 Å². The number of pyridine rings is 1. The van der Waals surface area contributed by atoms with Crippen LogP contribution in [0.25, 0.3) is 0 Å². The topological polar surface area (TPSA) is 57.7 Å². The van der Waals surface area contributed by atoms with Gasteiger partial charge in [0.2, 0.25) is 0 Å². The van der Waals surface area contributed by atoms with Crippen molar-refractivity contribution >= 4 is 5.97 Å². The lowest BCUT2D eigenvalue weighted by molar-refractivity contribution is -0.276. The Balaban J connectivity index is 3.21. The fourth-order valence-corrected chi connectivity index (χ4v) is 1.58. The molecular formula is C12H13F4NO4. The highest BCUT2D eigenvalue weighted by Crippen LogP contribution is 2.34. The second-order valence-electron chi connectivity index (χ2n) is 3.77. The van der Waals surface area contributed by atoms with Gasteiger partial charge >= 0.3 is 12.3 Å². The van der Waals surface area contributed by atoms with E-state index in [9.17, 15) is 22.4 Å². The van der Waals surface area contributed by atoms with Gasteiger partial charge in [-0.05, 0) is 13.0 Å². The summed E-state index contributed by atoms with van der Waals surface area (Å²) >= 11 is 0. The number of aromatic nitrogens is 1. The molecule has 0 fully saturated rings. The summed E-state index contributed by atoms with van der Waals surface area (Å²) in [4.78, 5) is 14.8. The number of ether oxygens (including phenoxy) is 3. The van der Waals surface area contributed by atoms with E-state index < -0.39 is 30.6 Å². The minimum atomic E-state index is -5.02. The number of methoxy groups -OCH3 is 1. The Bertz CT molecular complexity index is 505. The van der Waals surface area contributed by atoms with E-state index in [1.54, 1.807) is 6.92 Å². The van der Waals surface area contributed by atoms with Crippen LogP contribution in [0.4, 0.5) is 17.6 Å². The number of rotatable bonds is 6. The Kier molecular flexibility index (Phi) is 5.74. The van der Waals surface area contributed by atoms with E-state index in [-0.39, 0.29) is 24.3 Å². The zero-order valence-corrected chi connectivity index (χ0v) is 11.3. The smallest absolute Gasteiger partial charge is 0.491 e. The van der Waals surface area contributed by atoms with Crippen LogP contribution in [0.3, 0.4) is 0 Å². The Labute approximate surface area is 117 Å². The van der Waals surface area contributed by atoms with Crippen LogP contribution in [0.15, 0.2) is 6.07 Å². The maximum Gasteiger partial charge on any atom is 0.574 e. The molecule has 0 saturated carbocycles. The first kappa shape index (κ1) is 17.0. The number of nitrogens with zero attached hydrogens (tertiary/aromatic N) is 1. The van der Waals surface area contributed by atoms with Gasteiger partial charge in [-0.15, -0.1) is 13.2 Å². The molecule has 5 nitrogen and oxygen atoms in total. The molecular weight excluding hydrogens is 298 g/mol. The standard InChI is InChI=1S/C12H13F4NO4/c1-3-20-9(18)5-7-4-8(6-13)17-11(10(7)19-2)21-12(14,15)16/h4H,3,5-6H2,1-2H3. The Morgan fingerprint density at radius 3 is 2.52 bits per heavy atom. The van der Waals surface area contributed by atoms with Crippen LogP contribution in [-0.4, -0.2) is 31.0 Å². The molecule has 1 rings (SSSR count). The van der Waals surface area contributed by atoms with Crippen LogP contribution in [0.5, 0.6) is 11.6 Å². The van der Waals surface area contributed by atoms with Crippen LogP contribution in [0.2, 0.25) is 0 Å². The Hall–Kier alpha value is -2.06. The zero-order valence-electron chi connectivity index (χ0n) is 11.3. The number of carbonyl (C=O) groups is 1. The van der Waals surface area contributed by atoms with Crippen molar-refractivity contribution in [3.63, 3.8) is 0 Å². The summed E-state index contributed by atoms with van der Waals surface area (Å²) in [6.07, 6.45) is -5.41. The van der Waals surface area contributed by atoms with Crippen LogP contribution in [0.1, 0.15) is 18.2 Å². The SMILES string of the molecule is CCOC(=O)Cc1cc(CF)nc(OC(F)(F)F)c1OC. The second-order valence-corrected chi connectivity index (χ2v) is 3.77. The number of halogens is 4. The molecule has 0 aromatic carbocycles. The van der Waals surface area contributed by atoms with Gasteiger partial charge in [0.15, 0.2) is 5.75 Å². The molecule has 0 amide bonds. The lowest BCUT2D eigenvalue weighted by Gasteiger charge is -2.15. The molecule has 1 heterocycles. The normalized spacial score (nSPS) is 11.1. The highest BCUT2D eigenvalue weighted by Gasteiger charge is 2.34. The minimum absolute atomic E-state index is 0.00199. The van der Waals surface area contributed by atoms with E-state index in [2.05, 4.69) is 14.5 Å². The van der Waals surface area contributed by atoms with Crippen molar-refractivity contribution in [2.24, 2.45) is 0 Å². The number of hydrogen-bond donors (Lipinski definition) is 0. The van der Waals surface area contributed by atoms with Crippen molar-refractivity contribution in [1.82, 2.24) is 4.98 Å². The largest absolute Gasteiger partial charge is 0.574 e. The Morgan fingerprint density at radius 2 is 2.05 bits per heavy atom. The van der Waals surface area contributed by atoms with Crippen molar-refractivity contribution < 1.29 is 36.6 Å². The van der Waals surface area contributed by atoms with Gasteiger partial charge in [0.1, 0.15) is 6.67 Å². The molecule has 0 bridgehead atoms. The summed E-state index contributed by atoms with van der Waals surface area (Å²) in [7, 11) is 1.09. The molecule has 0 aliphatic heterocycles. The van der Waals surface area contributed by atoms with Gasteiger partial charge in [0.05, 0.1) is 25.8 Å². The molecule has 0 atom stereocenters. The molecule has 0 N–H and O–H groups in total. The minimum Gasteiger partial charge on any atom is -0.491 e. The van der Waals surface area contributed by atoms with Crippen LogP contribution in [-0.2, 0) is 22.6 Å². The molecule has 9 heteroatoms. The number of esters is 1. The number of alkyl halides is 4. The average molecular weight is 311 g/mol. The fourth-order valence-electron chi connectivity index (χ4n) is 1.58. The quantitative estimate of drug-likeness (QED) is 0.597. The molecule has 1 aromatic heterocycles. The van der Waals surface area contributed by atoms with Crippen molar-refractivity contribution in [2.75, 3.05) is 13.7 Å². The maximum atomic E-state index is 12.7. The molecule has 118 valence electrons. The number of carbonyl (C=O) groups excluding carboxylic acids is 1. The van der Waals surface area contributed by atoms with E-state index in [0.717, 1.165) is 13.2 Å². The maximum absolute atomic E-state index is 12.7. The summed E-state index contributed by atoms with van der Waals surface area (Å²) in [5.74, 6) is -2.03. The summed E-state index contributed by atoms with van der Waals surface area (Å²) in [6.45, 7) is 0.564. The highest BCUT2D eigenvalue weighted by molar-refractivity contribution is 5.74. The lowest BCUT2D eigenvalue weighted by atomic mass is 10.1. The molecule has 0 radical (unpaired) electrons. The molecule has 0 unspecified atom stereocenters. The summed E-state index contributed by atoms with van der Waals surface area (Å²) in [6, 6.07) is 1.12. The highest BCUT2D eigenvalue weighted by atomic mass is 19.4. The first-order valence-electron chi connectivity index (χ1n) is 5.84. The molecule has 0 spiro atoms. The monoisotopic (exact) mass is 311 g/mol. The Morgan fingerprint density at radius 1 is 1.38 bits per heavy atom. The summed E-state index contributed by atoms with van der Waals surface area (Å²) in [5, 5.41) is 0. The van der Waals surface area contributed by atoms with Crippen molar-refractivity contribution in [1.29, 1.82) is 0 Å². The van der Waals surface area contributed by atoms with Crippen molar-refractivity contribution in [3.05, 3.63) is 17.3 Å². The van der Waals surface area contributed by atoms with E-state index in [0.29, 0.717) is 0 Å². The summed E-state index contributed by atoms with van der Waals surface area (Å²) in [5.41, 5.74) is -0.313. The van der Waals surface area contributed by atoms with Gasteiger partial charge in [-0.25, -0.2) is 9.37 Å². The second kappa shape index (κ2) is 7.09. The third-order valence-corrected chi connectivity index (χ3v) is 2.27. The molecule has 1 aromatic rings. The molecule has 0 aliphatic rings. The van der Waals surface area contributed by atoms with Crippen LogP contribution >= 0.6 is 0 Å². The predicted octanol–water partition coefficient (Wildman–Crippen LogP) is 2.56. The number of hydrogen-bond acceptors (Lipinski definition) is 5. The third kappa shape index (κ3) is 5.09. The van der Waals surface area contributed by atoms with Crippen LogP contribution in [0, 0.1) is 0 Å². The third-order valence-electron chi connectivity index (χ3n) is 2.27. The first-order valence-corrected chi connectivity index (χ1v) is 5.84.